The van der Waals surface area contributed by atoms with Crippen LogP contribution in [0.1, 0.15) is 6.92 Å². The van der Waals surface area contributed by atoms with E-state index in [0.717, 1.165) is 0 Å². The van der Waals surface area contributed by atoms with Crippen molar-refractivity contribution in [2.24, 2.45) is 0 Å². The molecule has 0 saturated carbocycles. The molecule has 0 spiro atoms. The van der Waals surface area contributed by atoms with Gasteiger partial charge in [0.15, 0.2) is 5.60 Å². The zero-order valence-electron chi connectivity index (χ0n) is 8.79. The van der Waals surface area contributed by atoms with Gasteiger partial charge in [0, 0.05) is 0 Å². The number of aliphatic hydroxyl groups excluding tert-OH is 3. The van der Waals surface area contributed by atoms with Crippen molar-refractivity contribution in [1.82, 2.24) is 0 Å². The predicted molar refractivity (Wildman–Crippen MR) is 54.2 cm³/mol. The minimum atomic E-state index is -1.53. The smallest absolute Gasteiger partial charge is 0.187 e. The van der Waals surface area contributed by atoms with Gasteiger partial charge in [0.2, 0.25) is 0 Å². The highest BCUT2D eigenvalue weighted by molar-refractivity contribution is 5.38. The lowest BCUT2D eigenvalue weighted by molar-refractivity contribution is 0.0513. The van der Waals surface area contributed by atoms with Crippen molar-refractivity contribution in [1.29, 1.82) is 0 Å². The molecule has 88 valence electrons. The van der Waals surface area contributed by atoms with Crippen LogP contribution in [0.5, 0.6) is 0 Å². The average molecular weight is 226 g/mol. The number of fused-ring (bicyclic) bond motifs is 1. The van der Waals surface area contributed by atoms with E-state index in [1.54, 1.807) is 0 Å². The lowest BCUT2D eigenvalue weighted by Crippen LogP contribution is -2.37. The van der Waals surface area contributed by atoms with Crippen molar-refractivity contribution >= 4 is 0 Å². The molecule has 5 atom stereocenters. The van der Waals surface area contributed by atoms with Gasteiger partial charge in [-0.25, -0.2) is 0 Å². The summed E-state index contributed by atoms with van der Waals surface area (Å²) in [5.74, 6) is 5.04. The van der Waals surface area contributed by atoms with Crippen LogP contribution < -0.4 is 0 Å². The lowest BCUT2D eigenvalue weighted by Gasteiger charge is -2.18. The second-order valence-electron chi connectivity index (χ2n) is 4.33. The van der Waals surface area contributed by atoms with Gasteiger partial charge in [-0.1, -0.05) is 24.0 Å². The summed E-state index contributed by atoms with van der Waals surface area (Å²) in [4.78, 5) is 0. The molecule has 1 aliphatic heterocycles. The van der Waals surface area contributed by atoms with Crippen molar-refractivity contribution in [2.45, 2.75) is 36.4 Å². The normalized spacial score (nSPS) is 43.9. The van der Waals surface area contributed by atoms with Gasteiger partial charge in [0.05, 0.1) is 6.61 Å². The maximum absolute atomic E-state index is 9.69. The van der Waals surface area contributed by atoms with E-state index in [1.807, 2.05) is 0 Å². The number of aliphatic hydroxyl groups is 4. The molecule has 0 aromatic heterocycles. The van der Waals surface area contributed by atoms with E-state index in [1.165, 1.54) is 19.1 Å². The molecule has 0 aromatic carbocycles. The van der Waals surface area contributed by atoms with Crippen LogP contribution in [0.4, 0.5) is 0 Å². The molecule has 5 nitrogen and oxygen atoms in total. The fourth-order valence-corrected chi connectivity index (χ4v) is 1.65. The summed E-state index contributed by atoms with van der Waals surface area (Å²) in [7, 11) is 0. The molecule has 0 amide bonds. The molecule has 0 bridgehead atoms. The first kappa shape index (κ1) is 11.6. The van der Waals surface area contributed by atoms with E-state index in [4.69, 9.17) is 9.84 Å². The molecule has 16 heavy (non-hydrogen) atoms. The Labute approximate surface area is 93.0 Å². The quantitative estimate of drug-likeness (QED) is 0.239. The zero-order chi connectivity index (χ0) is 12.0. The summed E-state index contributed by atoms with van der Waals surface area (Å²) in [5, 5.41) is 37.5. The first-order valence-electron chi connectivity index (χ1n) is 5.01. The van der Waals surface area contributed by atoms with Crippen molar-refractivity contribution in [3.8, 4) is 11.8 Å². The van der Waals surface area contributed by atoms with Crippen molar-refractivity contribution < 1.29 is 25.2 Å². The van der Waals surface area contributed by atoms with Gasteiger partial charge in [-0.15, -0.1) is 0 Å². The molecule has 1 aliphatic carbocycles. The Morgan fingerprint density at radius 3 is 2.75 bits per heavy atom. The summed E-state index contributed by atoms with van der Waals surface area (Å²) >= 11 is 0. The van der Waals surface area contributed by atoms with Gasteiger partial charge in [0.25, 0.3) is 0 Å². The first-order chi connectivity index (χ1) is 7.41. The van der Waals surface area contributed by atoms with Crippen LogP contribution in [0.2, 0.25) is 0 Å². The minimum absolute atomic E-state index is 0.505. The molecule has 0 radical (unpaired) electrons. The van der Waals surface area contributed by atoms with E-state index in [2.05, 4.69) is 11.8 Å². The van der Waals surface area contributed by atoms with E-state index in [9.17, 15) is 15.3 Å². The predicted octanol–water partition coefficient (Wildman–Crippen LogP) is -1.84. The van der Waals surface area contributed by atoms with Crippen molar-refractivity contribution in [2.75, 3.05) is 6.61 Å². The summed E-state index contributed by atoms with van der Waals surface area (Å²) < 4.78 is 5.20. The molecule has 0 aromatic rings. The third-order valence-electron chi connectivity index (χ3n) is 2.76. The maximum atomic E-state index is 9.69. The van der Waals surface area contributed by atoms with Crippen LogP contribution in [-0.2, 0) is 4.74 Å². The Morgan fingerprint density at radius 2 is 2.12 bits per heavy atom. The van der Waals surface area contributed by atoms with E-state index in [0.29, 0.717) is 0 Å². The van der Waals surface area contributed by atoms with Gasteiger partial charge in [-0.05, 0) is 6.92 Å². The van der Waals surface area contributed by atoms with E-state index >= 15 is 0 Å². The second-order valence-corrected chi connectivity index (χ2v) is 4.33. The van der Waals surface area contributed by atoms with Crippen LogP contribution in [0.3, 0.4) is 0 Å². The fourth-order valence-electron chi connectivity index (χ4n) is 1.65. The Bertz CT molecular complexity index is 378. The van der Waals surface area contributed by atoms with Gasteiger partial charge in [0.1, 0.15) is 23.9 Å². The number of hydrogen-bond acceptors (Lipinski definition) is 5. The SMILES string of the molecule is CC(O)(C#CC12OC1C(O)C=CC2O)CO. The fraction of sp³-hybridized carbons (Fsp3) is 0.636. The highest BCUT2D eigenvalue weighted by Crippen LogP contribution is 2.45. The third-order valence-corrected chi connectivity index (χ3v) is 2.76. The topological polar surface area (TPSA) is 93.5 Å². The molecule has 5 heteroatoms. The number of epoxide rings is 1. The molecule has 5 unspecified atom stereocenters. The summed E-state index contributed by atoms with van der Waals surface area (Å²) in [5.41, 5.74) is -2.66. The standard InChI is InChI=1S/C11H14O5/c1-10(15,6-12)4-5-11-8(14)3-2-7(13)9(11)16-11/h2-3,7-9,12-15H,6H2,1H3. The van der Waals surface area contributed by atoms with E-state index < -0.39 is 36.1 Å². The van der Waals surface area contributed by atoms with Gasteiger partial charge < -0.3 is 25.2 Å². The highest BCUT2D eigenvalue weighted by atomic mass is 16.6. The van der Waals surface area contributed by atoms with Gasteiger partial charge >= 0.3 is 0 Å². The highest BCUT2D eigenvalue weighted by Gasteiger charge is 2.64. The van der Waals surface area contributed by atoms with E-state index in [-0.39, 0.29) is 0 Å². The maximum Gasteiger partial charge on any atom is 0.187 e. The monoisotopic (exact) mass is 226 g/mol. The molecule has 4 N–H and O–H groups in total. The molecule has 1 saturated heterocycles. The molecule has 1 heterocycles. The van der Waals surface area contributed by atoms with Crippen LogP contribution in [0.15, 0.2) is 12.2 Å². The van der Waals surface area contributed by atoms with Crippen molar-refractivity contribution in [3.05, 3.63) is 12.2 Å². The second kappa shape index (κ2) is 3.55. The van der Waals surface area contributed by atoms with Crippen LogP contribution >= 0.6 is 0 Å². The Hall–Kier alpha value is -0.900. The lowest BCUT2D eigenvalue weighted by atomic mass is 9.89. The molecule has 1 fully saturated rings. The largest absolute Gasteiger partial charge is 0.392 e. The van der Waals surface area contributed by atoms with Crippen LogP contribution in [0.25, 0.3) is 0 Å². The molecular weight excluding hydrogens is 212 g/mol. The van der Waals surface area contributed by atoms with Gasteiger partial charge in [-0.2, -0.15) is 0 Å². The minimum Gasteiger partial charge on any atom is -0.392 e. The zero-order valence-corrected chi connectivity index (χ0v) is 8.79. The Kier molecular flexibility index (Phi) is 2.57. The third kappa shape index (κ3) is 1.75. The van der Waals surface area contributed by atoms with Crippen molar-refractivity contribution in [3.63, 3.8) is 0 Å². The molecule has 2 rings (SSSR count). The summed E-state index contributed by atoms with van der Waals surface area (Å²) in [6.07, 6.45) is 0.581. The Balaban J connectivity index is 2.20. The summed E-state index contributed by atoms with van der Waals surface area (Å²) in [6, 6.07) is 0. The Morgan fingerprint density at radius 1 is 1.44 bits per heavy atom. The number of rotatable bonds is 1. The van der Waals surface area contributed by atoms with Crippen LogP contribution in [0, 0.1) is 11.8 Å². The average Bonchev–Trinajstić information content (AvgIpc) is 2.99. The van der Waals surface area contributed by atoms with Gasteiger partial charge in [-0.3, -0.25) is 0 Å². The number of ether oxygens (including phenoxy) is 1. The summed E-state index contributed by atoms with van der Waals surface area (Å²) in [6.45, 7) is 0.852. The first-order valence-corrected chi connectivity index (χ1v) is 5.01. The molecular formula is C11H14O5. The number of hydrogen-bond donors (Lipinski definition) is 4. The van der Waals surface area contributed by atoms with Crippen LogP contribution in [-0.4, -0.2) is 56.5 Å². The molecule has 2 aliphatic rings.